The minimum absolute atomic E-state index is 0.113. The number of aromatic nitrogens is 2. The van der Waals surface area contributed by atoms with Gasteiger partial charge in [0.05, 0.1) is 19.5 Å². The Balaban J connectivity index is 1.66. The number of H-pyrrole nitrogens is 1. The van der Waals surface area contributed by atoms with Crippen LogP contribution in [0.3, 0.4) is 0 Å². The van der Waals surface area contributed by atoms with E-state index in [4.69, 9.17) is 16.3 Å². The Morgan fingerprint density at radius 2 is 2.26 bits per heavy atom. The van der Waals surface area contributed by atoms with Gasteiger partial charge in [0.25, 0.3) is 5.56 Å². The molecule has 3 rings (SSSR count). The number of nitrogens with one attached hydrogen (secondary N) is 1. The summed E-state index contributed by atoms with van der Waals surface area (Å²) in [5.41, 5.74) is 1.82. The lowest BCUT2D eigenvalue weighted by molar-refractivity contribution is 0.121. The maximum Gasteiger partial charge on any atom is 0.250 e. The quantitative estimate of drug-likeness (QED) is 0.931. The van der Waals surface area contributed by atoms with Crippen molar-refractivity contribution in [1.82, 2.24) is 14.9 Å². The van der Waals surface area contributed by atoms with Crippen LogP contribution in [0.15, 0.2) is 41.5 Å². The average Bonchev–Trinajstić information content (AvgIpc) is 2.75. The second-order valence-electron chi connectivity index (χ2n) is 5.87. The molecule has 0 radical (unpaired) electrons. The van der Waals surface area contributed by atoms with Crippen molar-refractivity contribution in [2.24, 2.45) is 5.92 Å². The number of hydrogen-bond donors (Lipinski definition) is 1. The van der Waals surface area contributed by atoms with Crippen LogP contribution < -0.4 is 5.56 Å². The van der Waals surface area contributed by atoms with Gasteiger partial charge in [-0.05, 0) is 18.1 Å². The highest BCUT2D eigenvalue weighted by Crippen LogP contribution is 2.19. The van der Waals surface area contributed by atoms with Crippen LogP contribution in [0, 0.1) is 5.92 Å². The van der Waals surface area contributed by atoms with Gasteiger partial charge in [-0.15, -0.1) is 0 Å². The van der Waals surface area contributed by atoms with Gasteiger partial charge in [-0.1, -0.05) is 29.8 Å². The number of rotatable bonds is 4. The van der Waals surface area contributed by atoms with Crippen molar-refractivity contribution in [2.45, 2.75) is 13.0 Å². The van der Waals surface area contributed by atoms with Gasteiger partial charge >= 0.3 is 0 Å². The van der Waals surface area contributed by atoms with E-state index in [1.54, 1.807) is 6.07 Å². The Bertz CT molecular complexity index is 704. The molecule has 1 fully saturated rings. The van der Waals surface area contributed by atoms with Gasteiger partial charge in [-0.3, -0.25) is 9.69 Å². The molecule has 0 amide bonds. The summed E-state index contributed by atoms with van der Waals surface area (Å²) in [5.74, 6) is 0.314. The summed E-state index contributed by atoms with van der Waals surface area (Å²) in [6.07, 6.45) is 2.19. The second kappa shape index (κ2) is 7.73. The fourth-order valence-corrected chi connectivity index (χ4v) is 3.10. The maximum absolute atomic E-state index is 11.4. The lowest BCUT2D eigenvalue weighted by Crippen LogP contribution is -2.31. The molecule has 23 heavy (non-hydrogen) atoms. The first-order valence-corrected chi connectivity index (χ1v) is 8.15. The average molecular weight is 334 g/mol. The SMILES string of the molecule is O=c1cc(C[C@@H]2COCCN(Cc3ccccc3Cl)C2)nc[nH]1. The Morgan fingerprint density at radius 3 is 3.09 bits per heavy atom. The van der Waals surface area contributed by atoms with Crippen LogP contribution in [-0.2, 0) is 17.7 Å². The third-order valence-electron chi connectivity index (χ3n) is 4.01. The Hall–Kier alpha value is -1.69. The predicted octanol–water partition coefficient (Wildman–Crippen LogP) is 2.11. The van der Waals surface area contributed by atoms with E-state index in [-0.39, 0.29) is 5.56 Å². The molecule has 0 bridgehead atoms. The monoisotopic (exact) mass is 333 g/mol. The van der Waals surface area contributed by atoms with Crippen LogP contribution in [0.2, 0.25) is 5.02 Å². The summed E-state index contributed by atoms with van der Waals surface area (Å²) in [7, 11) is 0. The number of nitrogens with zero attached hydrogens (tertiary/aromatic N) is 2. The molecule has 0 aliphatic carbocycles. The Labute approximate surface area is 140 Å². The molecular formula is C17H20ClN3O2. The van der Waals surface area contributed by atoms with E-state index in [1.165, 1.54) is 6.33 Å². The molecule has 0 unspecified atom stereocenters. The lowest BCUT2D eigenvalue weighted by atomic mass is 10.0. The number of halogens is 1. The van der Waals surface area contributed by atoms with Gasteiger partial charge in [0.1, 0.15) is 0 Å². The van der Waals surface area contributed by atoms with Crippen molar-refractivity contribution >= 4 is 11.6 Å². The normalized spacial score (nSPS) is 19.4. The summed E-state index contributed by atoms with van der Waals surface area (Å²) in [4.78, 5) is 20.5. The van der Waals surface area contributed by atoms with Crippen LogP contribution in [0.4, 0.5) is 0 Å². The third kappa shape index (κ3) is 4.64. The predicted molar refractivity (Wildman–Crippen MR) is 89.6 cm³/mol. The fourth-order valence-electron chi connectivity index (χ4n) is 2.90. The highest BCUT2D eigenvalue weighted by atomic mass is 35.5. The second-order valence-corrected chi connectivity index (χ2v) is 6.28. The molecule has 1 atom stereocenters. The first kappa shape index (κ1) is 16.2. The van der Waals surface area contributed by atoms with Crippen molar-refractivity contribution in [3.05, 3.63) is 63.3 Å². The van der Waals surface area contributed by atoms with Gasteiger partial charge in [0.2, 0.25) is 0 Å². The van der Waals surface area contributed by atoms with Gasteiger partial charge < -0.3 is 9.72 Å². The smallest absolute Gasteiger partial charge is 0.250 e. The summed E-state index contributed by atoms with van der Waals surface area (Å²) < 4.78 is 5.72. The Morgan fingerprint density at radius 1 is 1.39 bits per heavy atom. The zero-order valence-electron chi connectivity index (χ0n) is 12.9. The summed E-state index contributed by atoms with van der Waals surface area (Å²) in [6, 6.07) is 9.49. The van der Waals surface area contributed by atoms with Crippen molar-refractivity contribution in [1.29, 1.82) is 0 Å². The van der Waals surface area contributed by atoms with Crippen LogP contribution in [0.25, 0.3) is 0 Å². The summed E-state index contributed by atoms with van der Waals surface area (Å²) in [6.45, 7) is 3.99. The standard InChI is InChI=1S/C17H20ClN3O2/c18-16-4-2-1-3-14(16)10-21-5-6-23-11-13(9-21)7-15-8-17(22)20-12-19-15/h1-4,8,12-13H,5-7,9-11H2,(H,19,20,22)/t13-/m0/s1. The van der Waals surface area contributed by atoms with Crippen LogP contribution >= 0.6 is 11.6 Å². The number of ether oxygens (including phenoxy) is 1. The molecule has 5 nitrogen and oxygen atoms in total. The largest absolute Gasteiger partial charge is 0.380 e. The van der Waals surface area contributed by atoms with E-state index in [9.17, 15) is 4.79 Å². The molecule has 2 aromatic rings. The topological polar surface area (TPSA) is 58.2 Å². The third-order valence-corrected chi connectivity index (χ3v) is 4.38. The molecular weight excluding hydrogens is 314 g/mol. The highest BCUT2D eigenvalue weighted by molar-refractivity contribution is 6.31. The number of hydrogen-bond acceptors (Lipinski definition) is 4. The minimum atomic E-state index is -0.113. The zero-order valence-corrected chi connectivity index (χ0v) is 13.6. The van der Waals surface area contributed by atoms with E-state index < -0.39 is 0 Å². The first-order chi connectivity index (χ1) is 11.2. The molecule has 1 aromatic carbocycles. The molecule has 1 aliphatic rings. The van der Waals surface area contributed by atoms with Crippen molar-refractivity contribution in [2.75, 3.05) is 26.3 Å². The molecule has 0 spiro atoms. The van der Waals surface area contributed by atoms with Gasteiger partial charge in [0.15, 0.2) is 0 Å². The van der Waals surface area contributed by atoms with Crippen molar-refractivity contribution in [3.63, 3.8) is 0 Å². The summed E-state index contributed by atoms with van der Waals surface area (Å²) >= 11 is 6.26. The molecule has 1 saturated heterocycles. The number of aromatic amines is 1. The van der Waals surface area contributed by atoms with Crippen molar-refractivity contribution < 1.29 is 4.74 Å². The van der Waals surface area contributed by atoms with Gasteiger partial charge in [-0.25, -0.2) is 4.98 Å². The lowest BCUT2D eigenvalue weighted by Gasteiger charge is -2.23. The van der Waals surface area contributed by atoms with Gasteiger partial charge in [-0.2, -0.15) is 0 Å². The zero-order chi connectivity index (χ0) is 16.1. The molecule has 1 N–H and O–H groups in total. The molecule has 1 aromatic heterocycles. The van der Waals surface area contributed by atoms with E-state index in [2.05, 4.69) is 20.9 Å². The Kier molecular flexibility index (Phi) is 5.43. The van der Waals surface area contributed by atoms with E-state index in [0.717, 1.165) is 42.3 Å². The molecule has 2 heterocycles. The van der Waals surface area contributed by atoms with Crippen molar-refractivity contribution in [3.8, 4) is 0 Å². The number of benzene rings is 1. The van der Waals surface area contributed by atoms with E-state index in [0.29, 0.717) is 19.1 Å². The maximum atomic E-state index is 11.4. The first-order valence-electron chi connectivity index (χ1n) is 7.78. The van der Waals surface area contributed by atoms with E-state index >= 15 is 0 Å². The molecule has 0 saturated carbocycles. The highest BCUT2D eigenvalue weighted by Gasteiger charge is 2.20. The van der Waals surface area contributed by atoms with E-state index in [1.807, 2.05) is 18.2 Å². The molecule has 122 valence electrons. The van der Waals surface area contributed by atoms with Gasteiger partial charge in [0, 0.05) is 42.3 Å². The van der Waals surface area contributed by atoms with Crippen LogP contribution in [0.1, 0.15) is 11.3 Å². The summed E-state index contributed by atoms with van der Waals surface area (Å²) in [5, 5.41) is 0.797. The van der Waals surface area contributed by atoms with Crippen LogP contribution in [0.5, 0.6) is 0 Å². The molecule has 1 aliphatic heterocycles. The fraction of sp³-hybridized carbons (Fsp3) is 0.412. The minimum Gasteiger partial charge on any atom is -0.380 e. The van der Waals surface area contributed by atoms with Crippen LogP contribution in [-0.4, -0.2) is 41.2 Å². The molecule has 6 heteroatoms.